The first-order valence-corrected chi connectivity index (χ1v) is 16.8. The van der Waals surface area contributed by atoms with E-state index in [1.54, 1.807) is 19.5 Å². The molecule has 12 nitrogen and oxygen atoms in total. The minimum Gasteiger partial charge on any atom is -0.494 e. The summed E-state index contributed by atoms with van der Waals surface area (Å²) < 4.78 is 7.71. The number of methoxy groups -OCH3 is 1. The molecule has 232 valence electrons. The first-order chi connectivity index (χ1) is 21.7. The fourth-order valence-electron chi connectivity index (χ4n) is 5.33. The van der Waals surface area contributed by atoms with Gasteiger partial charge in [-0.2, -0.15) is 15.1 Å². The Balaban J connectivity index is 1.41. The molecule has 45 heavy (non-hydrogen) atoms. The standard InChI is InChI=1S/C32H38N11OP/c1-41(2)14-15-42(3)26-17-27(44-5)25(16-22(26)20-18-36-43(4)19-20)38-32-39-30-21(10-11-35-30)31(40-32)37-24-9-8-23-28(29(24)45(6)7)34-13-12-33-23/h8-13,16-19H,14-15H2,1-7H3,(H3,35,37,38,39,40). The van der Waals surface area contributed by atoms with Gasteiger partial charge in [0.15, 0.2) is 0 Å². The fraction of sp³-hybridized carbons (Fsp3) is 0.281. The second kappa shape index (κ2) is 12.7. The number of rotatable bonds is 11. The van der Waals surface area contributed by atoms with E-state index >= 15 is 0 Å². The SMILES string of the molecule is COc1cc(N(C)CCN(C)C)c(-c2cnn(C)c2)cc1Nc1nc(Nc2ccc3nccnc3c2P(C)C)c2cc[nH]c2n1. The monoisotopic (exact) mass is 623 g/mol. The fourth-order valence-corrected chi connectivity index (χ4v) is 6.54. The summed E-state index contributed by atoms with van der Waals surface area (Å²) in [6.45, 7) is 6.19. The zero-order chi connectivity index (χ0) is 31.7. The summed E-state index contributed by atoms with van der Waals surface area (Å²) >= 11 is 0. The summed E-state index contributed by atoms with van der Waals surface area (Å²) in [6, 6.07) is 10.1. The van der Waals surface area contributed by atoms with Crippen LogP contribution < -0.4 is 25.6 Å². The van der Waals surface area contributed by atoms with Crippen molar-refractivity contribution in [3.63, 3.8) is 0 Å². The predicted octanol–water partition coefficient (Wildman–Crippen LogP) is 5.16. The average Bonchev–Trinajstić information content (AvgIpc) is 3.68. The number of hydrogen-bond acceptors (Lipinski definition) is 10. The number of anilines is 5. The molecule has 4 heterocycles. The second-order valence-corrected chi connectivity index (χ2v) is 13.6. The molecule has 0 aliphatic heterocycles. The van der Waals surface area contributed by atoms with Crippen LogP contribution in [-0.2, 0) is 7.05 Å². The molecule has 0 fully saturated rings. The Bertz CT molecular complexity index is 1970. The van der Waals surface area contributed by atoms with Crippen LogP contribution in [0.1, 0.15) is 0 Å². The average molecular weight is 624 g/mol. The Labute approximate surface area is 263 Å². The molecule has 2 aromatic carbocycles. The molecule has 6 aromatic rings. The van der Waals surface area contributed by atoms with Crippen molar-refractivity contribution < 1.29 is 4.74 Å². The zero-order valence-electron chi connectivity index (χ0n) is 26.6. The highest BCUT2D eigenvalue weighted by atomic mass is 31.1. The number of aromatic nitrogens is 7. The quantitative estimate of drug-likeness (QED) is 0.167. The van der Waals surface area contributed by atoms with E-state index in [2.05, 4.69) is 93.2 Å². The largest absolute Gasteiger partial charge is 0.494 e. The summed E-state index contributed by atoms with van der Waals surface area (Å²) in [6.07, 6.45) is 9.22. The van der Waals surface area contributed by atoms with E-state index in [9.17, 15) is 0 Å². The number of likely N-dealkylation sites (N-methyl/N-ethyl adjacent to an activating group) is 2. The molecule has 3 N–H and O–H groups in total. The van der Waals surface area contributed by atoms with Gasteiger partial charge in [-0.1, -0.05) is 7.92 Å². The number of nitrogens with one attached hydrogen (secondary N) is 3. The van der Waals surface area contributed by atoms with E-state index < -0.39 is 7.92 Å². The van der Waals surface area contributed by atoms with E-state index in [1.165, 1.54) is 0 Å². The smallest absolute Gasteiger partial charge is 0.231 e. The van der Waals surface area contributed by atoms with Crippen molar-refractivity contribution in [3.8, 4) is 16.9 Å². The Kier molecular flexibility index (Phi) is 8.51. The highest BCUT2D eigenvalue weighted by molar-refractivity contribution is 7.65. The first-order valence-electron chi connectivity index (χ1n) is 14.6. The van der Waals surface area contributed by atoms with Crippen molar-refractivity contribution in [2.45, 2.75) is 0 Å². The molecule has 0 unspecified atom stereocenters. The van der Waals surface area contributed by atoms with Gasteiger partial charge in [0.1, 0.15) is 17.2 Å². The minimum atomic E-state index is -0.499. The third-order valence-electron chi connectivity index (χ3n) is 7.60. The number of aromatic amines is 1. The van der Waals surface area contributed by atoms with Gasteiger partial charge in [-0.15, -0.1) is 0 Å². The lowest BCUT2D eigenvalue weighted by Crippen LogP contribution is -2.28. The van der Waals surface area contributed by atoms with Crippen molar-refractivity contribution in [3.05, 3.63) is 61.3 Å². The topological polar surface area (TPSA) is 125 Å². The van der Waals surface area contributed by atoms with Gasteiger partial charge in [0.05, 0.1) is 35.4 Å². The maximum atomic E-state index is 5.90. The highest BCUT2D eigenvalue weighted by Gasteiger charge is 2.20. The molecular weight excluding hydrogens is 585 g/mol. The van der Waals surface area contributed by atoms with Gasteiger partial charge in [0.2, 0.25) is 5.95 Å². The number of hydrogen-bond donors (Lipinski definition) is 3. The van der Waals surface area contributed by atoms with E-state index in [4.69, 9.17) is 14.7 Å². The van der Waals surface area contributed by atoms with Crippen molar-refractivity contribution in [1.29, 1.82) is 0 Å². The van der Waals surface area contributed by atoms with Crippen LogP contribution >= 0.6 is 7.92 Å². The molecule has 0 atom stereocenters. The van der Waals surface area contributed by atoms with Crippen molar-refractivity contribution >= 4 is 64.1 Å². The van der Waals surface area contributed by atoms with Crippen LogP contribution in [0.3, 0.4) is 0 Å². The van der Waals surface area contributed by atoms with Crippen molar-refractivity contribution in [1.82, 2.24) is 39.6 Å². The Morgan fingerprint density at radius 3 is 2.53 bits per heavy atom. The molecule has 0 spiro atoms. The molecular formula is C32H38N11OP. The predicted molar refractivity (Wildman–Crippen MR) is 185 cm³/mol. The Morgan fingerprint density at radius 2 is 1.80 bits per heavy atom. The molecule has 0 aliphatic carbocycles. The van der Waals surface area contributed by atoms with Gasteiger partial charge in [-0.3, -0.25) is 14.6 Å². The van der Waals surface area contributed by atoms with Gasteiger partial charge in [0.25, 0.3) is 0 Å². The number of aryl methyl sites for hydroxylation is 1. The Hall–Kier alpha value is -4.80. The number of nitrogens with zero attached hydrogens (tertiary/aromatic N) is 8. The van der Waals surface area contributed by atoms with Crippen LogP contribution in [0, 0.1) is 0 Å². The van der Waals surface area contributed by atoms with Crippen LogP contribution in [0.15, 0.2) is 61.3 Å². The third kappa shape index (κ3) is 6.25. The zero-order valence-corrected chi connectivity index (χ0v) is 27.5. The molecule has 0 radical (unpaired) electrons. The number of ether oxygens (including phenoxy) is 1. The van der Waals surface area contributed by atoms with E-state index in [0.717, 1.165) is 63.0 Å². The van der Waals surface area contributed by atoms with Crippen molar-refractivity contribution in [2.75, 3.05) is 70.2 Å². The summed E-state index contributed by atoms with van der Waals surface area (Å²) in [7, 11) is 9.34. The van der Waals surface area contributed by atoms with Gasteiger partial charge in [-0.25, -0.2) is 0 Å². The number of H-pyrrole nitrogens is 1. The summed E-state index contributed by atoms with van der Waals surface area (Å²) in [5, 5.41) is 13.5. The molecule has 0 saturated heterocycles. The van der Waals surface area contributed by atoms with Gasteiger partial charge in [0, 0.05) is 85.8 Å². The summed E-state index contributed by atoms with van der Waals surface area (Å²) in [5.41, 5.74) is 7.24. The maximum absolute atomic E-state index is 5.90. The van der Waals surface area contributed by atoms with Crippen LogP contribution in [-0.4, -0.2) is 94.3 Å². The molecule has 0 amide bonds. The lowest BCUT2D eigenvalue weighted by atomic mass is 10.0. The summed E-state index contributed by atoms with van der Waals surface area (Å²) in [4.78, 5) is 26.6. The number of fused-ring (bicyclic) bond motifs is 2. The van der Waals surface area contributed by atoms with Crippen LogP contribution in [0.4, 0.5) is 28.8 Å². The second-order valence-electron chi connectivity index (χ2n) is 11.4. The maximum Gasteiger partial charge on any atom is 0.231 e. The van der Waals surface area contributed by atoms with E-state index in [1.807, 2.05) is 42.5 Å². The van der Waals surface area contributed by atoms with Gasteiger partial charge < -0.3 is 30.2 Å². The van der Waals surface area contributed by atoms with Gasteiger partial charge in [-0.05, 0) is 51.7 Å². The van der Waals surface area contributed by atoms with Crippen LogP contribution in [0.2, 0.25) is 0 Å². The van der Waals surface area contributed by atoms with Crippen LogP contribution in [0.25, 0.3) is 33.2 Å². The Morgan fingerprint density at radius 1 is 0.978 bits per heavy atom. The first kappa shape index (κ1) is 30.2. The molecule has 0 bridgehead atoms. The molecule has 4 aromatic heterocycles. The minimum absolute atomic E-state index is 0.425. The molecule has 6 rings (SSSR count). The van der Waals surface area contributed by atoms with Crippen molar-refractivity contribution in [2.24, 2.45) is 7.05 Å². The van der Waals surface area contributed by atoms with Gasteiger partial charge >= 0.3 is 0 Å². The third-order valence-corrected chi connectivity index (χ3v) is 8.95. The number of benzene rings is 2. The van der Waals surface area contributed by atoms with Crippen LogP contribution in [0.5, 0.6) is 5.75 Å². The summed E-state index contributed by atoms with van der Waals surface area (Å²) in [5.74, 6) is 1.78. The van der Waals surface area contributed by atoms with E-state index in [0.29, 0.717) is 23.2 Å². The molecule has 0 aliphatic rings. The lowest BCUT2D eigenvalue weighted by molar-refractivity contribution is 0.413. The van der Waals surface area contributed by atoms with E-state index in [-0.39, 0.29) is 0 Å². The molecule has 13 heteroatoms. The normalized spacial score (nSPS) is 11.6. The molecule has 0 saturated carbocycles. The highest BCUT2D eigenvalue weighted by Crippen LogP contribution is 2.40. The lowest BCUT2D eigenvalue weighted by Gasteiger charge is -2.25.